The van der Waals surface area contributed by atoms with Gasteiger partial charge in [-0.1, -0.05) is 29.8 Å². The molecule has 0 bridgehead atoms. The SMILES string of the molecule is CN(Cc1cnn(-c2ccccc2)c1)C(=O)c1cc(Cl)ccn1. The number of aromatic nitrogens is 3. The predicted octanol–water partition coefficient (Wildman–Crippen LogP) is 3.19. The van der Waals surface area contributed by atoms with Crippen LogP contribution in [-0.2, 0) is 6.54 Å². The molecule has 0 spiro atoms. The topological polar surface area (TPSA) is 51.0 Å². The van der Waals surface area contributed by atoms with Crippen molar-refractivity contribution in [2.45, 2.75) is 6.54 Å². The Labute approximate surface area is 139 Å². The summed E-state index contributed by atoms with van der Waals surface area (Å²) in [6, 6.07) is 13.0. The van der Waals surface area contributed by atoms with Gasteiger partial charge in [-0.2, -0.15) is 5.10 Å². The molecule has 0 aliphatic carbocycles. The number of para-hydroxylation sites is 1. The number of rotatable bonds is 4. The van der Waals surface area contributed by atoms with Gasteiger partial charge in [0.15, 0.2) is 0 Å². The number of hydrogen-bond donors (Lipinski definition) is 0. The summed E-state index contributed by atoms with van der Waals surface area (Å²) in [6.45, 7) is 0.444. The van der Waals surface area contributed by atoms with Crippen molar-refractivity contribution in [1.29, 1.82) is 0 Å². The molecule has 3 rings (SSSR count). The zero-order chi connectivity index (χ0) is 16.2. The molecule has 23 heavy (non-hydrogen) atoms. The Morgan fingerprint density at radius 3 is 2.78 bits per heavy atom. The Hall–Kier alpha value is -2.66. The minimum atomic E-state index is -0.181. The van der Waals surface area contributed by atoms with E-state index in [1.54, 1.807) is 35.0 Å². The summed E-state index contributed by atoms with van der Waals surface area (Å²) in [5.74, 6) is -0.181. The number of halogens is 1. The fourth-order valence-corrected chi connectivity index (χ4v) is 2.39. The first-order valence-corrected chi connectivity index (χ1v) is 7.47. The van der Waals surface area contributed by atoms with E-state index in [2.05, 4.69) is 10.1 Å². The van der Waals surface area contributed by atoms with Crippen molar-refractivity contribution in [3.63, 3.8) is 0 Å². The second kappa shape index (κ2) is 6.62. The van der Waals surface area contributed by atoms with E-state index in [-0.39, 0.29) is 5.91 Å². The number of pyridine rings is 1. The van der Waals surface area contributed by atoms with Crippen LogP contribution in [0.4, 0.5) is 0 Å². The number of carbonyl (C=O) groups excluding carboxylic acids is 1. The minimum Gasteiger partial charge on any atom is -0.336 e. The van der Waals surface area contributed by atoms with Gasteiger partial charge >= 0.3 is 0 Å². The molecule has 3 aromatic rings. The largest absolute Gasteiger partial charge is 0.336 e. The van der Waals surface area contributed by atoms with Gasteiger partial charge in [0, 0.05) is 36.6 Å². The lowest BCUT2D eigenvalue weighted by atomic mass is 10.3. The molecular formula is C17H15ClN4O. The van der Waals surface area contributed by atoms with Crippen LogP contribution in [0.5, 0.6) is 0 Å². The highest BCUT2D eigenvalue weighted by molar-refractivity contribution is 6.30. The molecule has 6 heteroatoms. The van der Waals surface area contributed by atoms with Crippen LogP contribution in [0, 0.1) is 0 Å². The van der Waals surface area contributed by atoms with Gasteiger partial charge in [0.2, 0.25) is 0 Å². The third-order valence-electron chi connectivity index (χ3n) is 3.36. The normalized spacial score (nSPS) is 10.5. The maximum absolute atomic E-state index is 12.4. The van der Waals surface area contributed by atoms with Crippen molar-refractivity contribution in [3.05, 3.63) is 77.3 Å². The highest BCUT2D eigenvalue weighted by atomic mass is 35.5. The Balaban J connectivity index is 1.72. The van der Waals surface area contributed by atoms with Crippen LogP contribution in [0.25, 0.3) is 5.69 Å². The Morgan fingerprint density at radius 2 is 2.04 bits per heavy atom. The molecule has 0 aliphatic heterocycles. The molecule has 1 amide bonds. The van der Waals surface area contributed by atoms with Gasteiger partial charge < -0.3 is 4.90 Å². The molecule has 0 saturated carbocycles. The molecule has 2 aromatic heterocycles. The molecule has 0 radical (unpaired) electrons. The fourth-order valence-electron chi connectivity index (χ4n) is 2.23. The summed E-state index contributed by atoms with van der Waals surface area (Å²) in [6.07, 6.45) is 5.18. The number of amides is 1. The first-order chi connectivity index (χ1) is 11.1. The third-order valence-corrected chi connectivity index (χ3v) is 3.60. The highest BCUT2D eigenvalue weighted by Gasteiger charge is 2.14. The van der Waals surface area contributed by atoms with Gasteiger partial charge in [-0.15, -0.1) is 0 Å². The minimum absolute atomic E-state index is 0.181. The van der Waals surface area contributed by atoms with Gasteiger partial charge in [0.05, 0.1) is 11.9 Å². The second-order valence-corrected chi connectivity index (χ2v) is 5.59. The highest BCUT2D eigenvalue weighted by Crippen LogP contribution is 2.12. The standard InChI is InChI=1S/C17H15ClN4O/c1-21(17(23)16-9-14(18)7-8-19-16)11-13-10-20-22(12-13)15-5-3-2-4-6-15/h2-10,12H,11H2,1H3. The quantitative estimate of drug-likeness (QED) is 0.740. The summed E-state index contributed by atoms with van der Waals surface area (Å²) < 4.78 is 1.78. The van der Waals surface area contributed by atoms with Crippen molar-refractivity contribution in [2.75, 3.05) is 7.05 Å². The van der Waals surface area contributed by atoms with E-state index in [9.17, 15) is 4.79 Å². The van der Waals surface area contributed by atoms with E-state index >= 15 is 0 Å². The lowest BCUT2D eigenvalue weighted by Crippen LogP contribution is -2.26. The van der Waals surface area contributed by atoms with Crippen LogP contribution in [0.2, 0.25) is 5.02 Å². The molecule has 0 saturated heterocycles. The molecule has 116 valence electrons. The molecular weight excluding hydrogens is 312 g/mol. The molecule has 2 heterocycles. The Morgan fingerprint density at radius 1 is 1.26 bits per heavy atom. The van der Waals surface area contributed by atoms with E-state index in [1.807, 2.05) is 36.5 Å². The third kappa shape index (κ3) is 3.57. The van der Waals surface area contributed by atoms with Crippen LogP contribution in [0.15, 0.2) is 61.1 Å². The summed E-state index contributed by atoms with van der Waals surface area (Å²) in [5.41, 5.74) is 2.24. The molecule has 5 nitrogen and oxygen atoms in total. The monoisotopic (exact) mass is 326 g/mol. The summed E-state index contributed by atoms with van der Waals surface area (Å²) in [4.78, 5) is 18.0. The van der Waals surface area contributed by atoms with Gasteiger partial charge in [0.1, 0.15) is 5.69 Å². The number of nitrogens with zero attached hydrogens (tertiary/aromatic N) is 4. The predicted molar refractivity (Wildman–Crippen MR) is 88.6 cm³/mol. The Kier molecular flexibility index (Phi) is 4.39. The molecule has 0 atom stereocenters. The Bertz CT molecular complexity index is 816. The molecule has 0 fully saturated rings. The lowest BCUT2D eigenvalue weighted by Gasteiger charge is -2.15. The molecule has 0 aliphatic rings. The van der Waals surface area contributed by atoms with Crippen molar-refractivity contribution in [2.24, 2.45) is 0 Å². The summed E-state index contributed by atoms with van der Waals surface area (Å²) in [5, 5.41) is 4.82. The van der Waals surface area contributed by atoms with Gasteiger partial charge in [-0.25, -0.2) is 4.68 Å². The van der Waals surface area contributed by atoms with E-state index in [0.717, 1.165) is 11.3 Å². The smallest absolute Gasteiger partial charge is 0.272 e. The number of hydrogen-bond acceptors (Lipinski definition) is 3. The maximum atomic E-state index is 12.4. The number of benzene rings is 1. The first kappa shape index (κ1) is 15.2. The second-order valence-electron chi connectivity index (χ2n) is 5.15. The van der Waals surface area contributed by atoms with Crippen molar-refractivity contribution >= 4 is 17.5 Å². The van der Waals surface area contributed by atoms with Crippen LogP contribution >= 0.6 is 11.6 Å². The molecule has 0 unspecified atom stereocenters. The molecule has 1 aromatic carbocycles. The average molecular weight is 327 g/mol. The summed E-state index contributed by atoms with van der Waals surface area (Å²) in [7, 11) is 1.73. The zero-order valence-corrected chi connectivity index (χ0v) is 13.3. The zero-order valence-electron chi connectivity index (χ0n) is 12.6. The van der Waals surface area contributed by atoms with Crippen LogP contribution < -0.4 is 0 Å². The van der Waals surface area contributed by atoms with Crippen LogP contribution in [-0.4, -0.2) is 32.6 Å². The first-order valence-electron chi connectivity index (χ1n) is 7.09. The van der Waals surface area contributed by atoms with Crippen LogP contribution in [0.1, 0.15) is 16.1 Å². The van der Waals surface area contributed by atoms with Crippen LogP contribution in [0.3, 0.4) is 0 Å². The van der Waals surface area contributed by atoms with Gasteiger partial charge in [-0.3, -0.25) is 9.78 Å². The molecule has 0 N–H and O–H groups in total. The number of carbonyl (C=O) groups is 1. The van der Waals surface area contributed by atoms with E-state index < -0.39 is 0 Å². The van der Waals surface area contributed by atoms with Gasteiger partial charge in [-0.05, 0) is 24.3 Å². The van der Waals surface area contributed by atoms with E-state index in [4.69, 9.17) is 11.6 Å². The van der Waals surface area contributed by atoms with E-state index in [1.165, 1.54) is 6.20 Å². The van der Waals surface area contributed by atoms with Crippen molar-refractivity contribution in [1.82, 2.24) is 19.7 Å². The van der Waals surface area contributed by atoms with Crippen molar-refractivity contribution < 1.29 is 4.79 Å². The van der Waals surface area contributed by atoms with E-state index in [0.29, 0.717) is 17.3 Å². The fraction of sp³-hybridized carbons (Fsp3) is 0.118. The lowest BCUT2D eigenvalue weighted by molar-refractivity contribution is 0.0779. The average Bonchev–Trinajstić information content (AvgIpc) is 3.03. The summed E-state index contributed by atoms with van der Waals surface area (Å²) >= 11 is 5.90. The van der Waals surface area contributed by atoms with Crippen molar-refractivity contribution in [3.8, 4) is 5.69 Å². The van der Waals surface area contributed by atoms with Gasteiger partial charge in [0.25, 0.3) is 5.91 Å². The maximum Gasteiger partial charge on any atom is 0.272 e.